The molecule has 9 heteroatoms. The maximum atomic E-state index is 11.8. The predicted octanol–water partition coefficient (Wildman–Crippen LogP) is 0.625. The molecule has 0 unspecified atom stereocenters. The average molecular weight is 461 g/mol. The van der Waals surface area contributed by atoms with E-state index in [4.69, 9.17) is 9.47 Å². The van der Waals surface area contributed by atoms with Gasteiger partial charge < -0.3 is 14.2 Å². The fourth-order valence-corrected chi connectivity index (χ4v) is 2.78. The van der Waals surface area contributed by atoms with Gasteiger partial charge in [-0.2, -0.15) is 5.10 Å². The Morgan fingerprint density at radius 3 is 2.84 bits per heavy atom. The summed E-state index contributed by atoms with van der Waals surface area (Å²) in [5, 5.41) is 3.96. The first-order valence-electron chi connectivity index (χ1n) is 7.69. The second kappa shape index (κ2) is 10.3. The van der Waals surface area contributed by atoms with E-state index in [0.717, 1.165) is 22.2 Å². The molecule has 0 bridgehead atoms. The third-order valence-corrected chi connectivity index (χ3v) is 4.25. The number of morpholine rings is 1. The lowest BCUT2D eigenvalue weighted by atomic mass is 10.2. The number of hydrogen-bond acceptors (Lipinski definition) is 7. The zero-order valence-corrected chi connectivity index (χ0v) is 16.0. The standard InChI is InChI=1S/C16H20IN3O5/c1-23-16(22)11-25-14-3-2-12(8-13(14)17)9-18-19-15(21)10-20-4-6-24-7-5-20/h2-3,8-9H,4-7,10-11H2,1H3,(H,19,21)/b18-9+. The van der Waals surface area contributed by atoms with Gasteiger partial charge in [-0.05, 0) is 46.4 Å². The second-order valence-electron chi connectivity index (χ2n) is 5.24. The Morgan fingerprint density at radius 2 is 2.16 bits per heavy atom. The fraction of sp³-hybridized carbons (Fsp3) is 0.438. The van der Waals surface area contributed by atoms with Crippen LogP contribution in [0.5, 0.6) is 5.75 Å². The van der Waals surface area contributed by atoms with E-state index in [1.165, 1.54) is 7.11 Å². The molecule has 0 radical (unpaired) electrons. The summed E-state index contributed by atoms with van der Waals surface area (Å²) in [4.78, 5) is 24.9. The number of benzene rings is 1. The molecule has 8 nitrogen and oxygen atoms in total. The summed E-state index contributed by atoms with van der Waals surface area (Å²) < 4.78 is 15.9. The van der Waals surface area contributed by atoms with E-state index in [1.807, 2.05) is 11.0 Å². The monoisotopic (exact) mass is 461 g/mol. The quantitative estimate of drug-likeness (QED) is 0.277. The number of rotatable bonds is 7. The summed E-state index contributed by atoms with van der Waals surface area (Å²) in [6, 6.07) is 5.36. The van der Waals surface area contributed by atoms with E-state index in [-0.39, 0.29) is 12.5 Å². The van der Waals surface area contributed by atoms with Gasteiger partial charge in [-0.3, -0.25) is 9.69 Å². The number of nitrogens with zero attached hydrogens (tertiary/aromatic N) is 2. The minimum Gasteiger partial charge on any atom is -0.481 e. The van der Waals surface area contributed by atoms with Crippen LogP contribution in [0.3, 0.4) is 0 Å². The van der Waals surface area contributed by atoms with Crippen LogP contribution in [0.4, 0.5) is 0 Å². The van der Waals surface area contributed by atoms with Crippen molar-refractivity contribution in [2.45, 2.75) is 0 Å². The molecular weight excluding hydrogens is 441 g/mol. The number of esters is 1. The molecule has 136 valence electrons. The third-order valence-electron chi connectivity index (χ3n) is 3.40. The van der Waals surface area contributed by atoms with Crippen molar-refractivity contribution in [3.63, 3.8) is 0 Å². The molecule has 1 aliphatic heterocycles. The lowest BCUT2D eigenvalue weighted by Gasteiger charge is -2.25. The van der Waals surface area contributed by atoms with Gasteiger partial charge in [0.05, 0.1) is 36.7 Å². The molecule has 1 heterocycles. The number of amides is 1. The number of hydrogen-bond donors (Lipinski definition) is 1. The van der Waals surface area contributed by atoms with E-state index in [1.54, 1.807) is 18.3 Å². The first-order valence-corrected chi connectivity index (χ1v) is 8.77. The van der Waals surface area contributed by atoms with Crippen LogP contribution in [0.1, 0.15) is 5.56 Å². The summed E-state index contributed by atoms with van der Waals surface area (Å²) >= 11 is 2.10. The largest absolute Gasteiger partial charge is 0.481 e. The molecule has 0 aromatic heterocycles. The van der Waals surface area contributed by atoms with Crippen molar-refractivity contribution in [2.24, 2.45) is 5.10 Å². The Kier molecular flexibility index (Phi) is 8.09. The molecule has 1 saturated heterocycles. The SMILES string of the molecule is COC(=O)COc1ccc(/C=N/NC(=O)CN2CCOCC2)cc1I. The van der Waals surface area contributed by atoms with E-state index in [0.29, 0.717) is 25.5 Å². The van der Waals surface area contributed by atoms with E-state index >= 15 is 0 Å². The Morgan fingerprint density at radius 1 is 1.40 bits per heavy atom. The normalized spacial score (nSPS) is 15.1. The number of methoxy groups -OCH3 is 1. The lowest BCUT2D eigenvalue weighted by molar-refractivity contribution is -0.142. The van der Waals surface area contributed by atoms with Gasteiger partial charge in [0.15, 0.2) is 6.61 Å². The van der Waals surface area contributed by atoms with Crippen molar-refractivity contribution in [1.82, 2.24) is 10.3 Å². The average Bonchev–Trinajstić information content (AvgIpc) is 2.61. The van der Waals surface area contributed by atoms with E-state index in [9.17, 15) is 9.59 Å². The molecule has 1 amide bonds. The van der Waals surface area contributed by atoms with Crippen LogP contribution in [-0.4, -0.2) is 69.6 Å². The number of ether oxygens (including phenoxy) is 3. The molecule has 0 saturated carbocycles. The highest BCUT2D eigenvalue weighted by molar-refractivity contribution is 14.1. The highest BCUT2D eigenvalue weighted by Gasteiger charge is 2.13. The van der Waals surface area contributed by atoms with Gasteiger partial charge in [0.2, 0.25) is 0 Å². The highest BCUT2D eigenvalue weighted by Crippen LogP contribution is 2.21. The van der Waals surface area contributed by atoms with Crippen LogP contribution in [0.15, 0.2) is 23.3 Å². The van der Waals surface area contributed by atoms with Gasteiger partial charge in [0.25, 0.3) is 5.91 Å². The van der Waals surface area contributed by atoms with Crippen molar-refractivity contribution >= 4 is 40.7 Å². The summed E-state index contributed by atoms with van der Waals surface area (Å²) in [7, 11) is 1.31. The maximum absolute atomic E-state index is 11.8. The molecule has 1 aliphatic rings. The maximum Gasteiger partial charge on any atom is 0.343 e. The number of hydrazone groups is 1. The van der Waals surface area contributed by atoms with Gasteiger partial charge in [-0.15, -0.1) is 0 Å². The predicted molar refractivity (Wildman–Crippen MR) is 99.7 cm³/mol. The summed E-state index contributed by atoms with van der Waals surface area (Å²) in [6.45, 7) is 2.97. The van der Waals surface area contributed by atoms with Crippen LogP contribution >= 0.6 is 22.6 Å². The van der Waals surface area contributed by atoms with Gasteiger partial charge >= 0.3 is 5.97 Å². The Balaban J connectivity index is 1.81. The molecule has 0 spiro atoms. The first-order chi connectivity index (χ1) is 12.1. The molecule has 0 atom stereocenters. The van der Waals surface area contributed by atoms with Crippen molar-refractivity contribution < 1.29 is 23.8 Å². The van der Waals surface area contributed by atoms with Crippen LogP contribution in [0.25, 0.3) is 0 Å². The summed E-state index contributed by atoms with van der Waals surface area (Å²) in [6.07, 6.45) is 1.56. The summed E-state index contributed by atoms with van der Waals surface area (Å²) in [5.74, 6) is -0.0187. The number of carbonyl (C=O) groups excluding carboxylic acids is 2. The van der Waals surface area contributed by atoms with Crippen LogP contribution in [-0.2, 0) is 19.1 Å². The minimum atomic E-state index is -0.440. The Hall–Kier alpha value is -1.72. The zero-order chi connectivity index (χ0) is 18.1. The topological polar surface area (TPSA) is 89.5 Å². The number of halogens is 1. The first kappa shape index (κ1) is 19.6. The molecular formula is C16H20IN3O5. The Bertz CT molecular complexity index is 632. The van der Waals surface area contributed by atoms with Crippen molar-refractivity contribution in [2.75, 3.05) is 46.6 Å². The fourth-order valence-electron chi connectivity index (χ4n) is 2.09. The molecule has 1 aromatic rings. The third kappa shape index (κ3) is 6.96. The molecule has 2 rings (SSSR count). The molecule has 1 fully saturated rings. The lowest BCUT2D eigenvalue weighted by Crippen LogP contribution is -2.42. The Labute approximate surface area is 159 Å². The number of carbonyl (C=O) groups is 2. The number of nitrogens with one attached hydrogen (secondary N) is 1. The molecule has 0 aliphatic carbocycles. The van der Waals surface area contributed by atoms with Gasteiger partial charge in [-0.25, -0.2) is 10.2 Å². The van der Waals surface area contributed by atoms with Crippen LogP contribution < -0.4 is 10.2 Å². The van der Waals surface area contributed by atoms with Gasteiger partial charge in [0, 0.05) is 13.1 Å². The molecule has 25 heavy (non-hydrogen) atoms. The van der Waals surface area contributed by atoms with Crippen molar-refractivity contribution in [1.29, 1.82) is 0 Å². The van der Waals surface area contributed by atoms with Crippen molar-refractivity contribution in [3.05, 3.63) is 27.3 Å². The van der Waals surface area contributed by atoms with Gasteiger partial charge in [-0.1, -0.05) is 0 Å². The van der Waals surface area contributed by atoms with Crippen LogP contribution in [0, 0.1) is 3.57 Å². The van der Waals surface area contributed by atoms with Crippen LogP contribution in [0.2, 0.25) is 0 Å². The second-order valence-corrected chi connectivity index (χ2v) is 6.40. The zero-order valence-electron chi connectivity index (χ0n) is 13.9. The molecule has 1 aromatic carbocycles. The van der Waals surface area contributed by atoms with E-state index < -0.39 is 5.97 Å². The van der Waals surface area contributed by atoms with E-state index in [2.05, 4.69) is 37.9 Å². The smallest absolute Gasteiger partial charge is 0.343 e. The minimum absolute atomic E-state index is 0.141. The highest BCUT2D eigenvalue weighted by atomic mass is 127. The van der Waals surface area contributed by atoms with Gasteiger partial charge in [0.1, 0.15) is 5.75 Å². The summed E-state index contributed by atoms with van der Waals surface area (Å²) in [5.41, 5.74) is 3.32. The molecule has 1 N–H and O–H groups in total. The van der Waals surface area contributed by atoms with Crippen molar-refractivity contribution in [3.8, 4) is 5.75 Å².